The maximum absolute atomic E-state index is 12.1. The molecule has 0 spiro atoms. The normalized spacial score (nSPS) is 13.6. The molecule has 1 aliphatic heterocycles. The van der Waals surface area contributed by atoms with Crippen LogP contribution >= 0.6 is 0 Å². The smallest absolute Gasteiger partial charge is 0.270 e. The SMILES string of the molecule is O=C(CNC(=O)c1cccc([N+](=O)[O-])c1)Nc1ccc(N2CCCCC2)cc1. The fourth-order valence-corrected chi connectivity index (χ4v) is 3.14. The molecule has 2 aromatic rings. The van der Waals surface area contributed by atoms with Crippen molar-refractivity contribution in [3.05, 3.63) is 64.2 Å². The Morgan fingerprint density at radius 3 is 2.43 bits per heavy atom. The van der Waals surface area contributed by atoms with Crippen molar-refractivity contribution in [2.75, 3.05) is 29.9 Å². The average molecular weight is 382 g/mol. The number of nitro groups is 1. The molecule has 0 unspecified atom stereocenters. The molecule has 0 atom stereocenters. The summed E-state index contributed by atoms with van der Waals surface area (Å²) in [5.41, 5.74) is 1.74. The number of hydrogen-bond donors (Lipinski definition) is 2. The molecule has 0 bridgehead atoms. The molecule has 2 N–H and O–H groups in total. The van der Waals surface area contributed by atoms with E-state index in [1.807, 2.05) is 24.3 Å². The van der Waals surface area contributed by atoms with Crippen molar-refractivity contribution in [1.82, 2.24) is 5.32 Å². The average Bonchev–Trinajstić information content (AvgIpc) is 2.73. The van der Waals surface area contributed by atoms with Gasteiger partial charge in [0.15, 0.2) is 0 Å². The van der Waals surface area contributed by atoms with Crippen LogP contribution in [0.2, 0.25) is 0 Å². The molecular formula is C20H22N4O4. The Morgan fingerprint density at radius 2 is 1.75 bits per heavy atom. The molecule has 1 heterocycles. The van der Waals surface area contributed by atoms with Gasteiger partial charge in [-0.1, -0.05) is 6.07 Å². The molecule has 8 nitrogen and oxygen atoms in total. The Morgan fingerprint density at radius 1 is 1.04 bits per heavy atom. The topological polar surface area (TPSA) is 105 Å². The van der Waals surface area contributed by atoms with Crippen molar-refractivity contribution < 1.29 is 14.5 Å². The molecule has 0 saturated carbocycles. The molecule has 0 aromatic heterocycles. The number of rotatable bonds is 6. The van der Waals surface area contributed by atoms with Crippen LogP contribution in [0.3, 0.4) is 0 Å². The summed E-state index contributed by atoms with van der Waals surface area (Å²) in [4.78, 5) is 36.7. The standard InChI is InChI=1S/C20H22N4O4/c25-19(14-21-20(26)15-5-4-6-18(13-15)24(27)28)22-16-7-9-17(10-8-16)23-11-2-1-3-12-23/h4-10,13H,1-3,11-12,14H2,(H,21,26)(H,22,25). The van der Waals surface area contributed by atoms with Gasteiger partial charge in [-0.2, -0.15) is 0 Å². The van der Waals surface area contributed by atoms with Gasteiger partial charge in [-0.15, -0.1) is 0 Å². The quantitative estimate of drug-likeness (QED) is 0.590. The van der Waals surface area contributed by atoms with E-state index in [0.717, 1.165) is 18.8 Å². The summed E-state index contributed by atoms with van der Waals surface area (Å²) >= 11 is 0. The summed E-state index contributed by atoms with van der Waals surface area (Å²) in [5, 5.41) is 16.0. The zero-order valence-corrected chi connectivity index (χ0v) is 15.4. The zero-order valence-electron chi connectivity index (χ0n) is 15.4. The summed E-state index contributed by atoms with van der Waals surface area (Å²) in [6.07, 6.45) is 3.66. The third-order valence-corrected chi connectivity index (χ3v) is 4.60. The van der Waals surface area contributed by atoms with Crippen LogP contribution in [0, 0.1) is 10.1 Å². The van der Waals surface area contributed by atoms with E-state index in [1.165, 1.54) is 43.5 Å². The van der Waals surface area contributed by atoms with Gasteiger partial charge >= 0.3 is 0 Å². The van der Waals surface area contributed by atoms with Crippen LogP contribution in [0.1, 0.15) is 29.6 Å². The summed E-state index contributed by atoms with van der Waals surface area (Å²) in [7, 11) is 0. The third kappa shape index (κ3) is 5.06. The number of nitrogens with one attached hydrogen (secondary N) is 2. The first-order valence-electron chi connectivity index (χ1n) is 9.20. The lowest BCUT2D eigenvalue weighted by atomic mass is 10.1. The van der Waals surface area contributed by atoms with Gasteiger partial charge in [0, 0.05) is 42.2 Å². The number of carbonyl (C=O) groups excluding carboxylic acids is 2. The molecule has 1 aliphatic rings. The highest BCUT2D eigenvalue weighted by Gasteiger charge is 2.13. The van der Waals surface area contributed by atoms with Gasteiger partial charge in [-0.3, -0.25) is 19.7 Å². The molecule has 2 aromatic carbocycles. The molecule has 146 valence electrons. The van der Waals surface area contributed by atoms with Gasteiger partial charge in [-0.05, 0) is 49.6 Å². The number of benzene rings is 2. The molecule has 28 heavy (non-hydrogen) atoms. The van der Waals surface area contributed by atoms with E-state index in [9.17, 15) is 19.7 Å². The van der Waals surface area contributed by atoms with Crippen LogP contribution in [-0.2, 0) is 4.79 Å². The maximum atomic E-state index is 12.1. The predicted molar refractivity (Wildman–Crippen MR) is 107 cm³/mol. The Bertz CT molecular complexity index is 861. The van der Waals surface area contributed by atoms with Crippen molar-refractivity contribution >= 4 is 28.9 Å². The molecule has 0 aliphatic carbocycles. The van der Waals surface area contributed by atoms with E-state index < -0.39 is 10.8 Å². The molecular weight excluding hydrogens is 360 g/mol. The van der Waals surface area contributed by atoms with Gasteiger partial charge < -0.3 is 15.5 Å². The largest absolute Gasteiger partial charge is 0.372 e. The number of amides is 2. The minimum Gasteiger partial charge on any atom is -0.372 e. The van der Waals surface area contributed by atoms with E-state index in [1.54, 1.807) is 0 Å². The highest BCUT2D eigenvalue weighted by Crippen LogP contribution is 2.21. The predicted octanol–water partition coefficient (Wildman–Crippen LogP) is 2.95. The molecule has 3 rings (SSSR count). The van der Waals surface area contributed by atoms with E-state index in [-0.39, 0.29) is 23.7 Å². The first kappa shape index (κ1) is 19.3. The molecule has 1 saturated heterocycles. The number of non-ortho nitro benzene ring substituents is 1. The lowest BCUT2D eigenvalue weighted by molar-refractivity contribution is -0.384. The number of hydrogen-bond acceptors (Lipinski definition) is 5. The fourth-order valence-electron chi connectivity index (χ4n) is 3.14. The van der Waals surface area contributed by atoms with Crippen molar-refractivity contribution in [2.45, 2.75) is 19.3 Å². The lowest BCUT2D eigenvalue weighted by Crippen LogP contribution is -2.33. The molecule has 1 fully saturated rings. The molecule has 8 heteroatoms. The van der Waals surface area contributed by atoms with E-state index in [2.05, 4.69) is 15.5 Å². The minimum absolute atomic E-state index is 0.132. The molecule has 2 amide bonds. The van der Waals surface area contributed by atoms with Crippen LogP contribution in [0.25, 0.3) is 0 Å². The monoisotopic (exact) mass is 382 g/mol. The van der Waals surface area contributed by atoms with Crippen LogP contribution in [0.15, 0.2) is 48.5 Å². The maximum Gasteiger partial charge on any atom is 0.270 e. The number of nitro benzene ring substituents is 1. The summed E-state index contributed by atoms with van der Waals surface area (Å²) in [5.74, 6) is -0.913. The van der Waals surface area contributed by atoms with Crippen molar-refractivity contribution in [1.29, 1.82) is 0 Å². The number of anilines is 2. The van der Waals surface area contributed by atoms with E-state index in [0.29, 0.717) is 5.69 Å². The second-order valence-corrected chi connectivity index (χ2v) is 6.63. The Hall–Kier alpha value is -3.42. The van der Waals surface area contributed by atoms with Gasteiger partial charge in [-0.25, -0.2) is 0 Å². The Labute approximate surface area is 162 Å². The first-order chi connectivity index (χ1) is 13.5. The summed E-state index contributed by atoms with van der Waals surface area (Å²) in [6.45, 7) is 1.88. The lowest BCUT2D eigenvalue weighted by Gasteiger charge is -2.28. The van der Waals surface area contributed by atoms with Crippen LogP contribution < -0.4 is 15.5 Å². The summed E-state index contributed by atoms with van der Waals surface area (Å²) in [6, 6.07) is 13.0. The number of carbonyl (C=O) groups is 2. The van der Waals surface area contributed by atoms with Gasteiger partial charge in [0.2, 0.25) is 5.91 Å². The highest BCUT2D eigenvalue weighted by atomic mass is 16.6. The van der Waals surface area contributed by atoms with Crippen LogP contribution in [0.5, 0.6) is 0 Å². The van der Waals surface area contributed by atoms with Crippen LogP contribution in [-0.4, -0.2) is 36.4 Å². The van der Waals surface area contributed by atoms with Gasteiger partial charge in [0.25, 0.3) is 11.6 Å². The van der Waals surface area contributed by atoms with Gasteiger partial charge in [0.1, 0.15) is 0 Å². The number of nitrogens with zero attached hydrogens (tertiary/aromatic N) is 2. The van der Waals surface area contributed by atoms with E-state index >= 15 is 0 Å². The third-order valence-electron chi connectivity index (χ3n) is 4.60. The van der Waals surface area contributed by atoms with Crippen molar-refractivity contribution in [3.8, 4) is 0 Å². The second kappa shape index (κ2) is 8.98. The fraction of sp³-hybridized carbons (Fsp3) is 0.300. The van der Waals surface area contributed by atoms with Crippen molar-refractivity contribution in [2.24, 2.45) is 0 Å². The zero-order chi connectivity index (χ0) is 19.9. The van der Waals surface area contributed by atoms with Gasteiger partial charge in [0.05, 0.1) is 11.5 Å². The molecule has 0 radical (unpaired) electrons. The highest BCUT2D eigenvalue weighted by molar-refractivity contribution is 5.99. The first-order valence-corrected chi connectivity index (χ1v) is 9.20. The Balaban J connectivity index is 1.50. The number of piperidine rings is 1. The Kier molecular flexibility index (Phi) is 6.21. The van der Waals surface area contributed by atoms with E-state index in [4.69, 9.17) is 0 Å². The second-order valence-electron chi connectivity index (χ2n) is 6.63. The minimum atomic E-state index is -0.572. The summed E-state index contributed by atoms with van der Waals surface area (Å²) < 4.78 is 0. The van der Waals surface area contributed by atoms with Crippen molar-refractivity contribution in [3.63, 3.8) is 0 Å². The van der Waals surface area contributed by atoms with Crippen LogP contribution in [0.4, 0.5) is 17.1 Å².